The molecule has 1 aromatic rings. The summed E-state index contributed by atoms with van der Waals surface area (Å²) in [5.74, 6) is 0. The molecule has 2 nitrogen and oxygen atoms in total. The Labute approximate surface area is 121 Å². The number of piperidine rings is 1. The summed E-state index contributed by atoms with van der Waals surface area (Å²) in [6.45, 7) is 4.47. The Morgan fingerprint density at radius 3 is 2.84 bits per heavy atom. The Bertz CT molecular complexity index is 442. The number of rotatable bonds is 4. The molecule has 0 radical (unpaired) electrons. The molecule has 3 rings (SSSR count). The highest BCUT2D eigenvalue weighted by Crippen LogP contribution is 2.30. The summed E-state index contributed by atoms with van der Waals surface area (Å²) in [4.78, 5) is 2.56. The summed E-state index contributed by atoms with van der Waals surface area (Å²) in [5.41, 5.74) is 2.73. The number of nitrogens with one attached hydrogen (secondary N) is 1. The molecule has 1 unspecified atom stereocenters. The molecule has 1 atom stereocenters. The van der Waals surface area contributed by atoms with Crippen molar-refractivity contribution in [2.75, 3.05) is 11.4 Å². The van der Waals surface area contributed by atoms with Gasteiger partial charge in [-0.3, -0.25) is 0 Å². The summed E-state index contributed by atoms with van der Waals surface area (Å²) in [5, 5.41) is 4.46. The molecule has 1 aromatic carbocycles. The molecule has 0 aromatic heterocycles. The molecule has 3 heteroatoms. The van der Waals surface area contributed by atoms with Crippen molar-refractivity contribution in [1.82, 2.24) is 5.32 Å². The standard InChI is InChI=1S/C16H23ClN2/c1-12-4-2-3-9-19(12)16-8-5-14(17)10-13(16)11-18-15-6-7-15/h5,8,10,12,15,18H,2-4,6-7,9,11H2,1H3. The van der Waals surface area contributed by atoms with Gasteiger partial charge in [0.2, 0.25) is 0 Å². The minimum Gasteiger partial charge on any atom is -0.369 e. The lowest BCUT2D eigenvalue weighted by atomic mass is 10.0. The minimum absolute atomic E-state index is 0.648. The number of nitrogens with zero attached hydrogens (tertiary/aromatic N) is 1. The first-order valence-electron chi connectivity index (χ1n) is 7.52. The average Bonchev–Trinajstić information content (AvgIpc) is 3.22. The number of halogens is 1. The van der Waals surface area contributed by atoms with Gasteiger partial charge in [-0.05, 0) is 62.8 Å². The first-order valence-corrected chi connectivity index (χ1v) is 7.90. The summed E-state index contributed by atoms with van der Waals surface area (Å²) >= 11 is 6.18. The van der Waals surface area contributed by atoms with Gasteiger partial charge in [-0.1, -0.05) is 11.6 Å². The first-order chi connectivity index (χ1) is 9.24. The highest BCUT2D eigenvalue weighted by Gasteiger charge is 2.23. The Balaban J connectivity index is 1.80. The summed E-state index contributed by atoms with van der Waals surface area (Å²) in [6, 6.07) is 7.75. The monoisotopic (exact) mass is 278 g/mol. The summed E-state index contributed by atoms with van der Waals surface area (Å²) in [7, 11) is 0. The summed E-state index contributed by atoms with van der Waals surface area (Å²) in [6.07, 6.45) is 6.63. The SMILES string of the molecule is CC1CCCCN1c1ccc(Cl)cc1CNC1CC1. The normalized spacial score (nSPS) is 23.7. The van der Waals surface area contributed by atoms with Crippen LogP contribution in [0.1, 0.15) is 44.6 Å². The van der Waals surface area contributed by atoms with E-state index >= 15 is 0 Å². The molecule has 19 heavy (non-hydrogen) atoms. The van der Waals surface area contributed by atoms with Crippen LogP contribution in [0.4, 0.5) is 5.69 Å². The Morgan fingerprint density at radius 1 is 1.26 bits per heavy atom. The fraction of sp³-hybridized carbons (Fsp3) is 0.625. The Hall–Kier alpha value is -0.730. The smallest absolute Gasteiger partial charge is 0.0415 e. The third-order valence-corrected chi connectivity index (χ3v) is 4.55. The van der Waals surface area contributed by atoms with Crippen LogP contribution in [0.15, 0.2) is 18.2 Å². The van der Waals surface area contributed by atoms with E-state index in [1.165, 1.54) is 49.9 Å². The quantitative estimate of drug-likeness (QED) is 0.896. The van der Waals surface area contributed by atoms with Crippen LogP contribution in [0.3, 0.4) is 0 Å². The summed E-state index contributed by atoms with van der Waals surface area (Å²) < 4.78 is 0. The largest absolute Gasteiger partial charge is 0.369 e. The highest BCUT2D eigenvalue weighted by molar-refractivity contribution is 6.30. The van der Waals surface area contributed by atoms with Crippen LogP contribution in [-0.2, 0) is 6.54 Å². The van der Waals surface area contributed by atoms with Gasteiger partial charge in [0.05, 0.1) is 0 Å². The third kappa shape index (κ3) is 3.24. The maximum atomic E-state index is 6.18. The van der Waals surface area contributed by atoms with Crippen molar-refractivity contribution in [2.24, 2.45) is 0 Å². The number of anilines is 1. The molecule has 104 valence electrons. The molecule has 1 aliphatic heterocycles. The molecule has 1 heterocycles. The molecule has 0 amide bonds. The molecule has 2 aliphatic rings. The van der Waals surface area contributed by atoms with Gasteiger partial charge in [0, 0.05) is 35.9 Å². The van der Waals surface area contributed by atoms with Gasteiger partial charge >= 0.3 is 0 Å². The maximum absolute atomic E-state index is 6.18. The van der Waals surface area contributed by atoms with Crippen molar-refractivity contribution < 1.29 is 0 Å². The molecule has 0 spiro atoms. The van der Waals surface area contributed by atoms with Gasteiger partial charge in [0.15, 0.2) is 0 Å². The number of hydrogen-bond donors (Lipinski definition) is 1. The second-order valence-electron chi connectivity index (χ2n) is 5.97. The van der Waals surface area contributed by atoms with Crippen LogP contribution in [-0.4, -0.2) is 18.6 Å². The zero-order valence-electron chi connectivity index (χ0n) is 11.7. The fourth-order valence-corrected chi connectivity index (χ4v) is 3.17. The minimum atomic E-state index is 0.648. The molecular formula is C16H23ClN2. The van der Waals surface area contributed by atoms with Gasteiger partial charge < -0.3 is 10.2 Å². The van der Waals surface area contributed by atoms with E-state index in [1.54, 1.807) is 0 Å². The maximum Gasteiger partial charge on any atom is 0.0415 e. The Morgan fingerprint density at radius 2 is 2.11 bits per heavy atom. The second kappa shape index (κ2) is 5.72. The lowest BCUT2D eigenvalue weighted by molar-refractivity contribution is 0.483. The van der Waals surface area contributed by atoms with Crippen LogP contribution in [0.2, 0.25) is 5.02 Å². The average molecular weight is 279 g/mol. The van der Waals surface area contributed by atoms with Crippen molar-refractivity contribution in [3.8, 4) is 0 Å². The van der Waals surface area contributed by atoms with Crippen molar-refractivity contribution in [3.05, 3.63) is 28.8 Å². The van der Waals surface area contributed by atoms with Crippen molar-refractivity contribution in [2.45, 2.75) is 57.7 Å². The number of benzene rings is 1. The van der Waals surface area contributed by atoms with Crippen LogP contribution < -0.4 is 10.2 Å². The van der Waals surface area contributed by atoms with Gasteiger partial charge in [0.1, 0.15) is 0 Å². The van der Waals surface area contributed by atoms with E-state index in [9.17, 15) is 0 Å². The van der Waals surface area contributed by atoms with Crippen LogP contribution in [0.5, 0.6) is 0 Å². The molecule has 2 fully saturated rings. The zero-order valence-corrected chi connectivity index (χ0v) is 12.4. The van der Waals surface area contributed by atoms with Crippen LogP contribution in [0.25, 0.3) is 0 Å². The molecule has 1 aliphatic carbocycles. The molecule has 1 saturated heterocycles. The van der Waals surface area contributed by atoms with Crippen LogP contribution >= 0.6 is 11.6 Å². The van der Waals surface area contributed by atoms with Gasteiger partial charge in [-0.2, -0.15) is 0 Å². The lowest BCUT2D eigenvalue weighted by Crippen LogP contribution is -2.38. The van der Waals surface area contributed by atoms with E-state index in [-0.39, 0.29) is 0 Å². The van der Waals surface area contributed by atoms with Gasteiger partial charge in [-0.25, -0.2) is 0 Å². The van der Waals surface area contributed by atoms with E-state index in [2.05, 4.69) is 29.3 Å². The number of hydrogen-bond acceptors (Lipinski definition) is 2. The second-order valence-corrected chi connectivity index (χ2v) is 6.40. The van der Waals surface area contributed by atoms with E-state index in [4.69, 9.17) is 11.6 Å². The Kier molecular flexibility index (Phi) is 3.99. The van der Waals surface area contributed by atoms with E-state index in [1.807, 2.05) is 6.07 Å². The van der Waals surface area contributed by atoms with E-state index < -0.39 is 0 Å². The third-order valence-electron chi connectivity index (χ3n) is 4.31. The zero-order chi connectivity index (χ0) is 13.2. The molecular weight excluding hydrogens is 256 g/mol. The first kappa shape index (κ1) is 13.3. The molecule has 1 saturated carbocycles. The highest BCUT2D eigenvalue weighted by atomic mass is 35.5. The van der Waals surface area contributed by atoms with Gasteiger partial charge in [0.25, 0.3) is 0 Å². The van der Waals surface area contributed by atoms with Crippen molar-refractivity contribution in [3.63, 3.8) is 0 Å². The topological polar surface area (TPSA) is 15.3 Å². The predicted octanol–water partition coefficient (Wildman–Crippen LogP) is 3.97. The fourth-order valence-electron chi connectivity index (χ4n) is 2.97. The lowest BCUT2D eigenvalue weighted by Gasteiger charge is -2.36. The van der Waals surface area contributed by atoms with E-state index in [0.29, 0.717) is 6.04 Å². The van der Waals surface area contributed by atoms with Gasteiger partial charge in [-0.15, -0.1) is 0 Å². The van der Waals surface area contributed by atoms with Crippen molar-refractivity contribution >= 4 is 17.3 Å². The van der Waals surface area contributed by atoms with Crippen molar-refractivity contribution in [1.29, 1.82) is 0 Å². The van der Waals surface area contributed by atoms with E-state index in [0.717, 1.165) is 17.6 Å². The molecule has 0 bridgehead atoms. The molecule has 1 N–H and O–H groups in total. The van der Waals surface area contributed by atoms with Crippen LogP contribution in [0, 0.1) is 0 Å². The predicted molar refractivity (Wildman–Crippen MR) is 82.0 cm³/mol.